The number of rotatable bonds is 5. The molecule has 0 radical (unpaired) electrons. The van der Waals surface area contributed by atoms with Crippen LogP contribution in [-0.2, 0) is 4.74 Å². The van der Waals surface area contributed by atoms with Gasteiger partial charge < -0.3 is 15.5 Å². The molecule has 0 spiro atoms. The first kappa shape index (κ1) is 15.0. The molecule has 112 valence electrons. The highest BCUT2D eigenvalue weighted by atomic mass is 16.5. The zero-order valence-corrected chi connectivity index (χ0v) is 12.4. The van der Waals surface area contributed by atoms with E-state index in [2.05, 4.69) is 32.5 Å². The van der Waals surface area contributed by atoms with E-state index in [1.807, 2.05) is 13.8 Å². The second-order valence-corrected chi connectivity index (χ2v) is 5.20. The van der Waals surface area contributed by atoms with E-state index < -0.39 is 0 Å². The van der Waals surface area contributed by atoms with Crippen molar-refractivity contribution in [1.29, 1.82) is 0 Å². The van der Waals surface area contributed by atoms with Crippen molar-refractivity contribution in [3.63, 3.8) is 0 Å². The zero-order chi connectivity index (χ0) is 14.5. The third-order valence-corrected chi connectivity index (χ3v) is 3.41. The van der Waals surface area contributed by atoms with E-state index in [-0.39, 0.29) is 0 Å². The number of aromatic nitrogens is 2. The van der Waals surface area contributed by atoms with Crippen LogP contribution in [0.3, 0.4) is 0 Å². The standard InChI is InChI=1S/C13H24N6O/c1-9(8-19-4-6-20-7-5-19)15-12-10(2)13(18-14)17-11(3)16-12/h9H,4-8,14H2,1-3H3,(H2,15,16,17,18). The summed E-state index contributed by atoms with van der Waals surface area (Å²) in [4.78, 5) is 11.1. The minimum atomic E-state index is 0.298. The smallest absolute Gasteiger partial charge is 0.148 e. The van der Waals surface area contributed by atoms with E-state index in [9.17, 15) is 0 Å². The maximum absolute atomic E-state index is 5.48. The molecule has 1 saturated heterocycles. The summed E-state index contributed by atoms with van der Waals surface area (Å²) in [6, 6.07) is 0.298. The number of nitrogens with zero attached hydrogens (tertiary/aromatic N) is 3. The monoisotopic (exact) mass is 280 g/mol. The number of nitrogens with two attached hydrogens (primary N) is 1. The molecule has 1 aromatic rings. The Kier molecular flexibility index (Phi) is 5.11. The fourth-order valence-electron chi connectivity index (χ4n) is 2.36. The van der Waals surface area contributed by atoms with Gasteiger partial charge in [-0.05, 0) is 20.8 Å². The average molecular weight is 280 g/mol. The molecular weight excluding hydrogens is 256 g/mol. The quantitative estimate of drug-likeness (QED) is 0.535. The van der Waals surface area contributed by atoms with Crippen molar-refractivity contribution in [3.05, 3.63) is 11.4 Å². The normalized spacial score (nSPS) is 17.8. The van der Waals surface area contributed by atoms with Crippen molar-refractivity contribution in [2.75, 3.05) is 43.6 Å². The van der Waals surface area contributed by atoms with Crippen molar-refractivity contribution in [2.45, 2.75) is 26.8 Å². The summed E-state index contributed by atoms with van der Waals surface area (Å²) >= 11 is 0. The summed E-state index contributed by atoms with van der Waals surface area (Å²) in [6.07, 6.45) is 0. The topological polar surface area (TPSA) is 88.3 Å². The van der Waals surface area contributed by atoms with Crippen LogP contribution in [0.2, 0.25) is 0 Å². The number of hydrogen-bond donors (Lipinski definition) is 3. The van der Waals surface area contributed by atoms with Crippen LogP contribution < -0.4 is 16.6 Å². The van der Waals surface area contributed by atoms with Crippen LogP contribution in [-0.4, -0.2) is 53.8 Å². The molecule has 1 fully saturated rings. The Morgan fingerprint density at radius 2 is 1.90 bits per heavy atom. The number of nitrogens with one attached hydrogen (secondary N) is 2. The first-order valence-corrected chi connectivity index (χ1v) is 6.98. The number of aryl methyl sites for hydroxylation is 1. The molecule has 1 aromatic heterocycles. The fraction of sp³-hybridized carbons (Fsp3) is 0.692. The Bertz CT molecular complexity index is 447. The predicted molar refractivity (Wildman–Crippen MR) is 79.7 cm³/mol. The van der Waals surface area contributed by atoms with E-state index in [0.29, 0.717) is 17.7 Å². The fourth-order valence-corrected chi connectivity index (χ4v) is 2.36. The highest BCUT2D eigenvalue weighted by molar-refractivity contribution is 5.56. The summed E-state index contributed by atoms with van der Waals surface area (Å²) in [6.45, 7) is 10.6. The third kappa shape index (κ3) is 3.78. The van der Waals surface area contributed by atoms with Gasteiger partial charge >= 0.3 is 0 Å². The van der Waals surface area contributed by atoms with Crippen LogP contribution in [0, 0.1) is 13.8 Å². The third-order valence-electron chi connectivity index (χ3n) is 3.41. The lowest BCUT2D eigenvalue weighted by Crippen LogP contribution is -2.42. The number of ether oxygens (including phenoxy) is 1. The Morgan fingerprint density at radius 1 is 1.25 bits per heavy atom. The molecule has 0 amide bonds. The van der Waals surface area contributed by atoms with Gasteiger partial charge in [-0.3, -0.25) is 4.90 Å². The lowest BCUT2D eigenvalue weighted by atomic mass is 10.2. The van der Waals surface area contributed by atoms with Crippen molar-refractivity contribution >= 4 is 11.6 Å². The predicted octanol–water partition coefficient (Wildman–Crippen LogP) is 0.512. The Hall–Kier alpha value is -1.44. The maximum Gasteiger partial charge on any atom is 0.148 e. The molecule has 1 aliphatic heterocycles. The summed E-state index contributed by atoms with van der Waals surface area (Å²) < 4.78 is 5.36. The molecule has 2 rings (SSSR count). The summed E-state index contributed by atoms with van der Waals surface area (Å²) in [5.41, 5.74) is 3.55. The Labute approximate surface area is 119 Å². The van der Waals surface area contributed by atoms with Gasteiger partial charge in [-0.25, -0.2) is 15.8 Å². The first-order chi connectivity index (χ1) is 9.60. The molecule has 0 bridgehead atoms. The van der Waals surface area contributed by atoms with Gasteiger partial charge in [0.2, 0.25) is 0 Å². The molecule has 2 heterocycles. The molecule has 0 saturated carbocycles. The van der Waals surface area contributed by atoms with Crippen molar-refractivity contribution in [2.24, 2.45) is 5.84 Å². The highest BCUT2D eigenvalue weighted by Crippen LogP contribution is 2.19. The molecule has 0 aliphatic carbocycles. The van der Waals surface area contributed by atoms with E-state index in [1.165, 1.54) is 0 Å². The number of anilines is 2. The molecule has 7 heteroatoms. The minimum absolute atomic E-state index is 0.298. The van der Waals surface area contributed by atoms with Crippen LogP contribution >= 0.6 is 0 Å². The molecule has 20 heavy (non-hydrogen) atoms. The van der Waals surface area contributed by atoms with Crippen molar-refractivity contribution in [1.82, 2.24) is 14.9 Å². The molecule has 1 aliphatic rings. The Balaban J connectivity index is 1.99. The van der Waals surface area contributed by atoms with Gasteiger partial charge in [0.1, 0.15) is 17.5 Å². The van der Waals surface area contributed by atoms with Gasteiger partial charge in [-0.15, -0.1) is 0 Å². The highest BCUT2D eigenvalue weighted by Gasteiger charge is 2.15. The second kappa shape index (κ2) is 6.83. The van der Waals surface area contributed by atoms with E-state index in [0.717, 1.165) is 44.2 Å². The average Bonchev–Trinajstić information content (AvgIpc) is 2.43. The number of nitrogen functional groups attached to an aromatic ring is 1. The Morgan fingerprint density at radius 3 is 2.55 bits per heavy atom. The number of hydrazine groups is 1. The van der Waals surface area contributed by atoms with Crippen LogP contribution in [0.15, 0.2) is 0 Å². The number of morpholine rings is 1. The van der Waals surface area contributed by atoms with Gasteiger partial charge in [0.05, 0.1) is 13.2 Å². The molecular formula is C13H24N6O. The van der Waals surface area contributed by atoms with Gasteiger partial charge in [0.15, 0.2) is 0 Å². The molecule has 0 aromatic carbocycles. The van der Waals surface area contributed by atoms with Crippen LogP contribution in [0.5, 0.6) is 0 Å². The van der Waals surface area contributed by atoms with Crippen LogP contribution in [0.1, 0.15) is 18.3 Å². The molecule has 1 unspecified atom stereocenters. The van der Waals surface area contributed by atoms with Crippen LogP contribution in [0.4, 0.5) is 11.6 Å². The van der Waals surface area contributed by atoms with E-state index in [1.54, 1.807) is 0 Å². The van der Waals surface area contributed by atoms with Gasteiger partial charge in [-0.2, -0.15) is 0 Å². The maximum atomic E-state index is 5.48. The van der Waals surface area contributed by atoms with Gasteiger partial charge in [0.25, 0.3) is 0 Å². The largest absolute Gasteiger partial charge is 0.379 e. The zero-order valence-electron chi connectivity index (χ0n) is 12.4. The number of hydrogen-bond acceptors (Lipinski definition) is 7. The summed E-state index contributed by atoms with van der Waals surface area (Å²) in [5.74, 6) is 7.68. The second-order valence-electron chi connectivity index (χ2n) is 5.20. The van der Waals surface area contributed by atoms with E-state index >= 15 is 0 Å². The van der Waals surface area contributed by atoms with Gasteiger partial charge in [-0.1, -0.05) is 0 Å². The van der Waals surface area contributed by atoms with E-state index in [4.69, 9.17) is 10.6 Å². The SMILES string of the molecule is Cc1nc(NN)c(C)c(NC(C)CN2CCOCC2)n1. The van der Waals surface area contributed by atoms with Crippen molar-refractivity contribution < 1.29 is 4.74 Å². The molecule has 4 N–H and O–H groups in total. The lowest BCUT2D eigenvalue weighted by Gasteiger charge is -2.29. The lowest BCUT2D eigenvalue weighted by molar-refractivity contribution is 0.0368. The molecule has 7 nitrogen and oxygen atoms in total. The first-order valence-electron chi connectivity index (χ1n) is 6.98. The van der Waals surface area contributed by atoms with Crippen molar-refractivity contribution in [3.8, 4) is 0 Å². The van der Waals surface area contributed by atoms with Crippen LogP contribution in [0.25, 0.3) is 0 Å². The minimum Gasteiger partial charge on any atom is -0.379 e. The summed E-state index contributed by atoms with van der Waals surface area (Å²) in [5, 5.41) is 3.44. The molecule has 1 atom stereocenters. The summed E-state index contributed by atoms with van der Waals surface area (Å²) in [7, 11) is 0. The van der Waals surface area contributed by atoms with Gasteiger partial charge in [0, 0.05) is 31.2 Å².